The smallest absolute Gasteiger partial charge is 0.391 e. The summed E-state index contributed by atoms with van der Waals surface area (Å²) < 4.78 is 34.9. The van der Waals surface area contributed by atoms with Crippen molar-refractivity contribution in [1.29, 1.82) is 0 Å². The van der Waals surface area contributed by atoms with Crippen molar-refractivity contribution < 1.29 is 47.2 Å². The number of aliphatic hydroxyl groups is 1. The maximum Gasteiger partial charge on any atom is 0.580 e. The van der Waals surface area contributed by atoms with E-state index >= 15 is 0 Å². The van der Waals surface area contributed by atoms with E-state index in [9.17, 15) is 28.3 Å². The van der Waals surface area contributed by atoms with Gasteiger partial charge in [-0.2, -0.15) is 14.3 Å². The van der Waals surface area contributed by atoms with Gasteiger partial charge in [-0.05, 0) is 17.2 Å². The molecule has 1 aliphatic heterocycles. The number of halogens is 1. The van der Waals surface area contributed by atoms with Crippen molar-refractivity contribution in [3.63, 3.8) is 0 Å². The van der Waals surface area contributed by atoms with E-state index in [1.54, 1.807) is 0 Å². The lowest BCUT2D eigenvalue weighted by Crippen LogP contribution is -2.34. The third-order valence-corrected chi connectivity index (χ3v) is 5.44. The molecule has 2 atom stereocenters. The number of nitrogens with one attached hydrogen (secondary N) is 1. The van der Waals surface area contributed by atoms with E-state index in [0.29, 0.717) is 20.0 Å². The van der Waals surface area contributed by atoms with E-state index in [4.69, 9.17) is 19.6 Å². The predicted octanol–water partition coefficient (Wildman–Crippen LogP) is -0.920. The Hall–Kier alpha value is -1.05. The number of hydrogen-bond acceptors (Lipinski definition) is 9. The predicted molar refractivity (Wildman–Crippen MR) is 87.9 cm³/mol. The highest BCUT2D eigenvalue weighted by Crippen LogP contribution is 2.63. The molecule has 1 aliphatic rings. The fourth-order valence-electron chi connectivity index (χ4n) is 2.21. The maximum atomic E-state index is 11.8. The molecule has 0 spiro atoms. The Kier molecular flexibility index (Phi) is 8.83. The Labute approximate surface area is 151 Å². The highest BCUT2D eigenvalue weighted by molar-refractivity contribution is 7.64. The number of ether oxygens (including phenoxy) is 1. The lowest BCUT2D eigenvalue weighted by atomic mass is 10.2. The second-order valence-electron chi connectivity index (χ2n) is 5.13. The first-order chi connectivity index (χ1) is 12.5. The van der Waals surface area contributed by atoms with Crippen LogP contribution in [-0.2, 0) is 24.7 Å². The van der Waals surface area contributed by atoms with Gasteiger partial charge in [0, 0.05) is 6.20 Å². The van der Waals surface area contributed by atoms with Gasteiger partial charge in [-0.1, -0.05) is 0 Å². The Bertz CT molecular complexity index is 776. The molecule has 1 fully saturated rings. The van der Waals surface area contributed by atoms with Crippen LogP contribution in [0.3, 0.4) is 0 Å². The number of phosphoric acid groups is 1. The zero-order valence-corrected chi connectivity index (χ0v) is 15.8. The number of aliphatic hydroxyl groups excluding tert-OH is 1. The topological polar surface area (TPSA) is 201 Å². The van der Waals surface area contributed by atoms with Crippen molar-refractivity contribution >= 4 is 16.0 Å². The molecule has 6 N–H and O–H groups in total. The first-order valence-corrected chi connectivity index (χ1v) is 10.3. The van der Waals surface area contributed by atoms with Crippen LogP contribution in [0.5, 0.6) is 0 Å². The summed E-state index contributed by atoms with van der Waals surface area (Å²) in [4.78, 5) is 60.9. The summed E-state index contributed by atoms with van der Waals surface area (Å²) in [6.45, 7) is -1.03. The Morgan fingerprint density at radius 1 is 1.37 bits per heavy atom. The number of aromatic nitrogens is 2. The minimum atomic E-state index is -5.15. The molecule has 0 saturated carbocycles. The van der Waals surface area contributed by atoms with Crippen molar-refractivity contribution in [2.24, 2.45) is 0 Å². The molecular weight excluding hydrogens is 417 g/mol. The van der Waals surface area contributed by atoms with Crippen LogP contribution in [-0.4, -0.2) is 54.1 Å². The zero-order valence-electron chi connectivity index (χ0n) is 14.0. The Morgan fingerprint density at radius 2 is 2.00 bits per heavy atom. The second kappa shape index (κ2) is 9.94. The molecule has 16 heteroatoms. The first-order valence-electron chi connectivity index (χ1n) is 7.25. The van der Waals surface area contributed by atoms with Crippen LogP contribution in [0.1, 0.15) is 24.6 Å². The van der Waals surface area contributed by atoms with Gasteiger partial charge in [0.25, 0.3) is 5.56 Å². The van der Waals surface area contributed by atoms with Crippen molar-refractivity contribution in [2.45, 2.75) is 31.8 Å². The van der Waals surface area contributed by atoms with Crippen molar-refractivity contribution in [3.8, 4) is 0 Å². The molecule has 1 aromatic heterocycles. The van der Waals surface area contributed by atoms with Crippen LogP contribution in [0.15, 0.2) is 15.8 Å². The molecule has 2 heterocycles. The number of hydrogen-bond donors (Lipinski definition) is 6. The third-order valence-electron chi connectivity index (χ3n) is 3.25. The fourth-order valence-corrected chi connectivity index (χ4v) is 3.87. The van der Waals surface area contributed by atoms with E-state index in [1.165, 1.54) is 0 Å². The molecule has 156 valence electrons. The SMILES string of the molecule is CF.O=c1[nH]c(=O)n(C2CCC(CO[P+](O)(O)OP(=O)(O)O)O2)cc1CO. The van der Waals surface area contributed by atoms with Gasteiger partial charge in [0.2, 0.25) is 0 Å². The Balaban J connectivity index is 0.00000176. The number of H-pyrrole nitrogens is 1. The minimum Gasteiger partial charge on any atom is -0.391 e. The molecule has 0 bridgehead atoms. The van der Waals surface area contributed by atoms with E-state index in [-0.39, 0.29) is 5.56 Å². The molecular formula is C11H20FN2O11P2+. The van der Waals surface area contributed by atoms with Crippen molar-refractivity contribution in [2.75, 3.05) is 13.8 Å². The molecule has 2 rings (SSSR count). The minimum absolute atomic E-state index is 0.0337. The number of nitrogens with zero attached hydrogens (tertiary/aromatic N) is 1. The summed E-state index contributed by atoms with van der Waals surface area (Å²) in [5, 5.41) is 9.07. The van der Waals surface area contributed by atoms with Gasteiger partial charge < -0.3 is 19.6 Å². The van der Waals surface area contributed by atoms with Gasteiger partial charge in [-0.15, -0.1) is 0 Å². The van der Waals surface area contributed by atoms with Gasteiger partial charge in [-0.3, -0.25) is 18.7 Å². The lowest BCUT2D eigenvalue weighted by Gasteiger charge is -2.16. The van der Waals surface area contributed by atoms with Crippen LogP contribution in [0.2, 0.25) is 0 Å². The molecule has 0 radical (unpaired) electrons. The number of aromatic amines is 1. The fraction of sp³-hybridized carbons (Fsp3) is 0.636. The zero-order chi connectivity index (χ0) is 20.8. The maximum absolute atomic E-state index is 11.8. The van der Waals surface area contributed by atoms with Crippen molar-refractivity contribution in [1.82, 2.24) is 9.55 Å². The average Bonchev–Trinajstić information content (AvgIpc) is 3.02. The van der Waals surface area contributed by atoms with Crippen molar-refractivity contribution in [3.05, 3.63) is 32.6 Å². The summed E-state index contributed by atoms with van der Waals surface area (Å²) >= 11 is 0. The molecule has 0 aliphatic carbocycles. The summed E-state index contributed by atoms with van der Waals surface area (Å²) in [5.74, 6) is 0. The standard InChI is InChI=1S/C10H16N2O11P2.CH3F/c13-4-6-3-12(10(15)11-9(6)14)8-2-1-7(22-8)5-21-25(19,20)23-24(16,17)18;1-2/h3,7-8,13,19-20H,1-2,4-5H2,(H2-,11,14,15,16,17,18);1H3/p+1. The number of rotatable bonds is 7. The van der Waals surface area contributed by atoms with E-state index in [0.717, 1.165) is 10.8 Å². The molecule has 1 saturated heterocycles. The van der Waals surface area contributed by atoms with Crippen LogP contribution in [0.25, 0.3) is 0 Å². The van der Waals surface area contributed by atoms with Gasteiger partial charge >= 0.3 is 21.7 Å². The first kappa shape index (κ1) is 24.0. The van der Waals surface area contributed by atoms with Gasteiger partial charge in [0.15, 0.2) is 0 Å². The Morgan fingerprint density at radius 3 is 2.56 bits per heavy atom. The van der Waals surface area contributed by atoms with Gasteiger partial charge in [-0.25, -0.2) is 9.36 Å². The largest absolute Gasteiger partial charge is 0.580 e. The highest BCUT2D eigenvalue weighted by Gasteiger charge is 2.48. The van der Waals surface area contributed by atoms with Crippen LogP contribution < -0.4 is 11.2 Å². The molecule has 2 unspecified atom stereocenters. The van der Waals surface area contributed by atoms with Crippen LogP contribution in [0, 0.1) is 0 Å². The highest BCUT2D eigenvalue weighted by atomic mass is 31.3. The molecule has 0 aromatic carbocycles. The van der Waals surface area contributed by atoms with E-state index in [2.05, 4.69) is 8.83 Å². The summed E-state index contributed by atoms with van der Waals surface area (Å²) in [6.07, 6.45) is 0.269. The quantitative estimate of drug-likeness (QED) is 0.288. The molecule has 27 heavy (non-hydrogen) atoms. The normalized spacial score (nSPS) is 20.3. The second-order valence-corrected chi connectivity index (χ2v) is 8.00. The van der Waals surface area contributed by atoms with Gasteiger partial charge in [0.1, 0.15) is 12.8 Å². The molecule has 1 aromatic rings. The van der Waals surface area contributed by atoms with Crippen LogP contribution in [0.4, 0.5) is 4.39 Å². The lowest BCUT2D eigenvalue weighted by molar-refractivity contribution is -0.0273. The molecule has 13 nitrogen and oxygen atoms in total. The van der Waals surface area contributed by atoms with E-state index < -0.39 is 52.8 Å². The summed E-state index contributed by atoms with van der Waals surface area (Å²) in [5.41, 5.74) is -1.50. The summed E-state index contributed by atoms with van der Waals surface area (Å²) in [7, 11) is -9.38. The number of alkyl halides is 1. The van der Waals surface area contributed by atoms with Gasteiger partial charge in [0.05, 0.1) is 25.5 Å². The third kappa shape index (κ3) is 7.47. The monoisotopic (exact) mass is 437 g/mol. The molecule has 0 amide bonds. The van der Waals surface area contributed by atoms with Crippen LogP contribution >= 0.6 is 16.0 Å². The van der Waals surface area contributed by atoms with E-state index in [1.807, 2.05) is 4.98 Å². The average molecular weight is 437 g/mol. The summed E-state index contributed by atoms with van der Waals surface area (Å²) in [6, 6.07) is 0.